The minimum absolute atomic E-state index is 0.00458. The van der Waals surface area contributed by atoms with Crippen LogP contribution < -0.4 is 10.3 Å². The van der Waals surface area contributed by atoms with E-state index in [-0.39, 0.29) is 51.3 Å². The first-order chi connectivity index (χ1) is 24.8. The Kier molecular flexibility index (Phi) is 10.3. The van der Waals surface area contributed by atoms with Crippen LogP contribution in [0.4, 0.5) is 5.69 Å². The molecule has 2 N–H and O–H groups in total. The molecule has 0 saturated carbocycles. The van der Waals surface area contributed by atoms with Gasteiger partial charge in [-0.05, 0) is 32.6 Å². The summed E-state index contributed by atoms with van der Waals surface area (Å²) in [6.45, 7) is 5.24. The SMILES string of the molecule is CSc1nc(OCCc2ccc([N+](=O)[O-])cc2)c2nc(C)c(=O)n([C@H]3C[C@@](O)(C(=O)c4ccc(C)cc4)[C@@H](C(O)C(=O)c4ccc(C)cc4)O3)c2n1. The summed E-state index contributed by atoms with van der Waals surface area (Å²) < 4.78 is 13.4. The van der Waals surface area contributed by atoms with Gasteiger partial charge in [0.25, 0.3) is 11.2 Å². The zero-order valence-electron chi connectivity index (χ0n) is 28.7. The first-order valence-corrected chi connectivity index (χ1v) is 17.5. The van der Waals surface area contributed by atoms with E-state index in [0.29, 0.717) is 6.42 Å². The van der Waals surface area contributed by atoms with E-state index >= 15 is 0 Å². The topological polar surface area (TPSA) is 197 Å². The fourth-order valence-corrected chi connectivity index (χ4v) is 6.42. The molecule has 5 aromatic rings. The summed E-state index contributed by atoms with van der Waals surface area (Å²) >= 11 is 1.17. The maximum atomic E-state index is 14.1. The molecule has 15 heteroatoms. The second-order valence-electron chi connectivity index (χ2n) is 12.6. The van der Waals surface area contributed by atoms with Crippen LogP contribution in [0.3, 0.4) is 0 Å². The number of aliphatic hydroxyl groups excluding tert-OH is 1. The maximum absolute atomic E-state index is 14.1. The summed E-state index contributed by atoms with van der Waals surface area (Å²) in [7, 11) is 0. The van der Waals surface area contributed by atoms with Crippen molar-refractivity contribution in [2.75, 3.05) is 12.9 Å². The van der Waals surface area contributed by atoms with Crippen LogP contribution in [0.1, 0.15) is 55.7 Å². The van der Waals surface area contributed by atoms with Crippen molar-refractivity contribution in [3.05, 3.63) is 127 Å². The number of ketones is 2. The molecule has 14 nitrogen and oxygen atoms in total. The van der Waals surface area contributed by atoms with Crippen LogP contribution in [0.25, 0.3) is 11.2 Å². The third kappa shape index (κ3) is 7.08. The average Bonchev–Trinajstić information content (AvgIpc) is 3.49. The molecule has 1 aliphatic rings. The van der Waals surface area contributed by atoms with Gasteiger partial charge in [0.15, 0.2) is 33.5 Å². The number of Topliss-reactive ketones (excluding diaryl/α,β-unsaturated/α-hetero) is 2. The molecular weight excluding hydrogens is 691 g/mol. The number of fused-ring (bicyclic) bond motifs is 1. The third-order valence-corrected chi connectivity index (χ3v) is 9.50. The maximum Gasteiger partial charge on any atom is 0.275 e. The van der Waals surface area contributed by atoms with Crippen molar-refractivity contribution < 1.29 is 34.2 Å². The van der Waals surface area contributed by atoms with Crippen molar-refractivity contribution in [1.29, 1.82) is 0 Å². The van der Waals surface area contributed by atoms with Gasteiger partial charge in [-0.25, -0.2) is 9.97 Å². The molecule has 1 fully saturated rings. The highest BCUT2D eigenvalue weighted by atomic mass is 32.2. The zero-order valence-corrected chi connectivity index (χ0v) is 29.5. The summed E-state index contributed by atoms with van der Waals surface area (Å²) in [5, 5.41) is 35.0. The number of rotatable bonds is 12. The minimum Gasteiger partial charge on any atom is -0.476 e. The Labute approximate surface area is 301 Å². The van der Waals surface area contributed by atoms with E-state index in [1.54, 1.807) is 42.7 Å². The number of hydrogen-bond acceptors (Lipinski definition) is 13. The van der Waals surface area contributed by atoms with E-state index in [4.69, 9.17) is 9.47 Å². The number of non-ortho nitro benzene ring substituents is 1. The van der Waals surface area contributed by atoms with Crippen LogP contribution in [0.2, 0.25) is 0 Å². The third-order valence-electron chi connectivity index (χ3n) is 8.95. The number of thioether (sulfide) groups is 1. The fraction of sp³-hybridized carbons (Fsp3) is 0.297. The predicted molar refractivity (Wildman–Crippen MR) is 191 cm³/mol. The Bertz CT molecular complexity index is 2230. The first kappa shape index (κ1) is 36.4. The lowest BCUT2D eigenvalue weighted by molar-refractivity contribution is -0.384. The lowest BCUT2D eigenvalue weighted by Crippen LogP contribution is -2.53. The van der Waals surface area contributed by atoms with Gasteiger partial charge in [0.05, 0.1) is 11.5 Å². The van der Waals surface area contributed by atoms with Crippen LogP contribution in [0.15, 0.2) is 82.7 Å². The van der Waals surface area contributed by atoms with Crippen molar-refractivity contribution in [2.24, 2.45) is 0 Å². The number of aliphatic hydroxyl groups is 2. The van der Waals surface area contributed by atoms with Gasteiger partial charge >= 0.3 is 0 Å². The number of hydrogen-bond donors (Lipinski definition) is 2. The molecule has 52 heavy (non-hydrogen) atoms. The molecule has 3 heterocycles. The van der Waals surface area contributed by atoms with Crippen LogP contribution in [-0.4, -0.2) is 76.9 Å². The van der Waals surface area contributed by atoms with Crippen molar-refractivity contribution in [1.82, 2.24) is 19.5 Å². The van der Waals surface area contributed by atoms with Crippen LogP contribution in [0.5, 0.6) is 5.88 Å². The number of aryl methyl sites for hydroxylation is 3. The number of nitro groups is 1. The quantitative estimate of drug-likeness (QED) is 0.0600. The van der Waals surface area contributed by atoms with Crippen molar-refractivity contribution >= 4 is 40.2 Å². The van der Waals surface area contributed by atoms with Crippen LogP contribution in [-0.2, 0) is 11.2 Å². The smallest absolute Gasteiger partial charge is 0.275 e. The average molecular weight is 726 g/mol. The number of benzene rings is 3. The van der Waals surface area contributed by atoms with E-state index < -0.39 is 52.5 Å². The largest absolute Gasteiger partial charge is 0.476 e. The lowest BCUT2D eigenvalue weighted by Gasteiger charge is -2.29. The molecule has 1 unspecified atom stereocenters. The van der Waals surface area contributed by atoms with Crippen LogP contribution >= 0.6 is 11.8 Å². The summed E-state index contributed by atoms with van der Waals surface area (Å²) in [6.07, 6.45) is -3.60. The Hall–Kier alpha value is -5.35. The van der Waals surface area contributed by atoms with Crippen molar-refractivity contribution in [3.63, 3.8) is 0 Å². The van der Waals surface area contributed by atoms with Gasteiger partial charge in [-0.2, -0.15) is 4.98 Å². The number of carbonyl (C=O) groups is 2. The van der Waals surface area contributed by atoms with Gasteiger partial charge < -0.3 is 19.7 Å². The van der Waals surface area contributed by atoms with Crippen molar-refractivity contribution in [3.8, 4) is 5.88 Å². The van der Waals surface area contributed by atoms with Gasteiger partial charge in [0.1, 0.15) is 24.1 Å². The second-order valence-corrected chi connectivity index (χ2v) is 13.4. The van der Waals surface area contributed by atoms with Gasteiger partial charge in [0.2, 0.25) is 5.88 Å². The highest BCUT2D eigenvalue weighted by molar-refractivity contribution is 7.98. The molecular formula is C37H35N5O9S. The van der Waals surface area contributed by atoms with Gasteiger partial charge in [-0.3, -0.25) is 29.1 Å². The molecule has 268 valence electrons. The number of aromatic nitrogens is 4. The molecule has 4 atom stereocenters. The molecule has 1 saturated heterocycles. The van der Waals surface area contributed by atoms with Crippen molar-refractivity contribution in [2.45, 2.75) is 62.8 Å². The fourth-order valence-electron chi connectivity index (χ4n) is 6.07. The number of ether oxygens (including phenoxy) is 2. The molecule has 0 aliphatic carbocycles. The number of carbonyl (C=O) groups excluding carboxylic acids is 2. The highest BCUT2D eigenvalue weighted by Gasteiger charge is 2.58. The standard InChI is InChI=1S/C37H35N5O9S/c1-20-5-11-24(12-6-20)29(43)30(44)32-37(47,31(45)25-13-7-21(2)8-14-25)19-27(51-32)41-33-28(38-22(3)35(41)46)34(40-36(39-33)52-4)50-18-17-23-9-15-26(16-10-23)42(48)49/h5-16,27,30,32,44,47H,17-19H2,1-4H3/t27-,30?,32-,37-/m1/s1. The number of nitrogens with zero attached hydrogens (tertiary/aromatic N) is 5. The molecule has 0 bridgehead atoms. The molecule has 3 aromatic carbocycles. The summed E-state index contributed by atoms with van der Waals surface area (Å²) in [5.74, 6) is -1.53. The van der Waals surface area contributed by atoms with E-state index in [2.05, 4.69) is 15.0 Å². The van der Waals surface area contributed by atoms with Crippen LogP contribution in [0, 0.1) is 30.9 Å². The summed E-state index contributed by atoms with van der Waals surface area (Å²) in [4.78, 5) is 65.6. The van der Waals surface area contributed by atoms with Gasteiger partial charge in [0, 0.05) is 36.1 Å². The van der Waals surface area contributed by atoms with E-state index in [1.807, 2.05) is 13.8 Å². The number of nitro benzene ring substituents is 1. The van der Waals surface area contributed by atoms with Gasteiger partial charge in [-0.1, -0.05) is 83.6 Å². The van der Waals surface area contributed by atoms with E-state index in [9.17, 15) is 34.7 Å². The molecule has 0 spiro atoms. The Morgan fingerprint density at radius 3 is 2.21 bits per heavy atom. The Morgan fingerprint density at radius 2 is 1.62 bits per heavy atom. The summed E-state index contributed by atoms with van der Waals surface area (Å²) in [5.41, 5.74) is -0.267. The minimum atomic E-state index is -2.46. The predicted octanol–water partition coefficient (Wildman–Crippen LogP) is 4.51. The molecule has 2 aromatic heterocycles. The normalized spacial score (nSPS) is 19.0. The van der Waals surface area contributed by atoms with E-state index in [1.165, 1.54) is 55.1 Å². The lowest BCUT2D eigenvalue weighted by atomic mass is 9.82. The second kappa shape index (κ2) is 14.7. The molecule has 0 radical (unpaired) electrons. The first-order valence-electron chi connectivity index (χ1n) is 16.3. The highest BCUT2D eigenvalue weighted by Crippen LogP contribution is 2.42. The van der Waals surface area contributed by atoms with E-state index in [0.717, 1.165) is 21.3 Å². The zero-order chi connectivity index (χ0) is 37.3. The Balaban J connectivity index is 1.40. The summed E-state index contributed by atoms with van der Waals surface area (Å²) in [6, 6.07) is 19.0. The molecule has 6 rings (SSSR count). The monoisotopic (exact) mass is 725 g/mol. The van der Waals surface area contributed by atoms with Gasteiger partial charge in [-0.15, -0.1) is 0 Å². The molecule has 1 aliphatic heterocycles. The Morgan fingerprint density at radius 1 is 1.00 bits per heavy atom. The molecule has 0 amide bonds.